The minimum atomic E-state index is -0.287. The minimum absolute atomic E-state index is 0.125. The normalized spacial score (nSPS) is 19.4. The maximum atomic E-state index is 13.4. The van der Waals surface area contributed by atoms with E-state index in [1.54, 1.807) is 12.4 Å². The van der Waals surface area contributed by atoms with E-state index in [4.69, 9.17) is 23.2 Å². The van der Waals surface area contributed by atoms with E-state index in [-0.39, 0.29) is 11.8 Å². The molecule has 1 aliphatic heterocycles. The van der Waals surface area contributed by atoms with Gasteiger partial charge < -0.3 is 15.1 Å². The molecule has 1 aromatic carbocycles. The lowest BCUT2D eigenvalue weighted by Gasteiger charge is -2.38. The van der Waals surface area contributed by atoms with Crippen LogP contribution in [0.1, 0.15) is 48.9 Å². The highest BCUT2D eigenvalue weighted by atomic mass is 35.5. The second kappa shape index (κ2) is 9.72. The number of hydrogen-bond acceptors (Lipinski definition) is 5. The third-order valence-corrected chi connectivity index (χ3v) is 7.12. The Morgan fingerprint density at radius 2 is 1.97 bits per heavy atom. The fourth-order valence-corrected chi connectivity index (χ4v) is 4.91. The molecule has 8 heteroatoms. The van der Waals surface area contributed by atoms with Gasteiger partial charge in [0.2, 0.25) is 5.91 Å². The van der Waals surface area contributed by atoms with Gasteiger partial charge in [0.25, 0.3) is 0 Å². The maximum absolute atomic E-state index is 13.4. The summed E-state index contributed by atoms with van der Waals surface area (Å²) in [4.78, 5) is 26.8. The van der Waals surface area contributed by atoms with E-state index >= 15 is 0 Å². The summed E-state index contributed by atoms with van der Waals surface area (Å²) in [6.07, 6.45) is 3.84. The van der Waals surface area contributed by atoms with Crippen LogP contribution < -0.4 is 10.2 Å². The predicted molar refractivity (Wildman–Crippen MR) is 125 cm³/mol. The Kier molecular flexibility index (Phi) is 6.99. The Labute approximate surface area is 193 Å². The van der Waals surface area contributed by atoms with Crippen molar-refractivity contribution in [2.24, 2.45) is 0 Å². The van der Waals surface area contributed by atoms with Crippen LogP contribution in [0.15, 0.2) is 24.5 Å². The molecule has 2 aliphatic rings. The fourth-order valence-electron chi connectivity index (χ4n) is 4.60. The summed E-state index contributed by atoms with van der Waals surface area (Å²) in [5, 5.41) is 4.29. The highest BCUT2D eigenvalue weighted by molar-refractivity contribution is 6.42. The van der Waals surface area contributed by atoms with Crippen molar-refractivity contribution in [2.75, 3.05) is 44.2 Å². The van der Waals surface area contributed by atoms with Gasteiger partial charge in [-0.05, 0) is 43.0 Å². The van der Waals surface area contributed by atoms with Gasteiger partial charge in [0, 0.05) is 44.0 Å². The first-order valence-corrected chi connectivity index (χ1v) is 11.8. The summed E-state index contributed by atoms with van der Waals surface area (Å²) in [5.74, 6) is 1.38. The number of aromatic nitrogens is 2. The zero-order valence-electron chi connectivity index (χ0n) is 18.1. The van der Waals surface area contributed by atoms with Gasteiger partial charge in [-0.25, -0.2) is 9.97 Å². The van der Waals surface area contributed by atoms with Gasteiger partial charge in [-0.3, -0.25) is 4.79 Å². The molecule has 0 bridgehead atoms. The van der Waals surface area contributed by atoms with Crippen LogP contribution in [0.3, 0.4) is 0 Å². The number of carbonyl (C=O) groups excluding carboxylic acids is 1. The molecule has 1 amide bonds. The molecule has 31 heavy (non-hydrogen) atoms. The van der Waals surface area contributed by atoms with Crippen molar-refractivity contribution in [3.05, 3.63) is 51.4 Å². The van der Waals surface area contributed by atoms with Crippen molar-refractivity contribution in [1.82, 2.24) is 20.2 Å². The summed E-state index contributed by atoms with van der Waals surface area (Å²) in [6, 6.07) is 5.47. The number of nitrogens with one attached hydrogen (secondary N) is 1. The number of halogens is 2. The largest absolute Gasteiger partial charge is 0.353 e. The molecule has 1 saturated heterocycles. The van der Waals surface area contributed by atoms with Gasteiger partial charge in [0.15, 0.2) is 0 Å². The number of rotatable bonds is 6. The molecule has 0 unspecified atom stereocenters. The molecule has 6 nitrogen and oxygen atoms in total. The number of hydrogen-bond donors (Lipinski definition) is 1. The van der Waals surface area contributed by atoms with Gasteiger partial charge in [-0.2, -0.15) is 0 Å². The lowest BCUT2D eigenvalue weighted by molar-refractivity contribution is -0.133. The highest BCUT2D eigenvalue weighted by Gasteiger charge is 2.32. The van der Waals surface area contributed by atoms with Crippen LogP contribution >= 0.6 is 23.2 Å². The topological polar surface area (TPSA) is 61.4 Å². The van der Waals surface area contributed by atoms with Crippen LogP contribution in [0.5, 0.6) is 0 Å². The van der Waals surface area contributed by atoms with Crippen molar-refractivity contribution < 1.29 is 4.79 Å². The van der Waals surface area contributed by atoms with Gasteiger partial charge >= 0.3 is 0 Å². The van der Waals surface area contributed by atoms with Crippen molar-refractivity contribution in [3.8, 4) is 0 Å². The molecule has 1 aliphatic carbocycles. The first kappa shape index (κ1) is 22.3. The second-order valence-electron chi connectivity index (χ2n) is 8.34. The van der Waals surface area contributed by atoms with Crippen LogP contribution in [0, 0.1) is 0 Å². The quantitative estimate of drug-likeness (QED) is 0.706. The molecular formula is C23H29Cl2N5O. The molecule has 4 rings (SSSR count). The number of carbonyl (C=O) groups is 1. The van der Waals surface area contributed by atoms with E-state index in [1.165, 1.54) is 11.3 Å². The summed E-state index contributed by atoms with van der Waals surface area (Å²) in [7, 11) is 0. The Morgan fingerprint density at radius 3 is 2.68 bits per heavy atom. The molecule has 1 aromatic heterocycles. The Morgan fingerprint density at radius 1 is 1.19 bits per heavy atom. The number of nitrogens with zero attached hydrogens (tertiary/aromatic N) is 4. The standard InChI is InChI=1S/C23H29Cl2N5O/c1-3-26-13-17(16-5-6-18(24)19(25)12-16)23(31)30-10-8-29(9-11-30)22-21-15(2)4-7-20(21)27-14-28-22/h5-6,12,14-15,17,26H,3-4,7-11,13H2,1-2H3/t15-,17-/m1/s1. The van der Waals surface area contributed by atoms with Crippen LogP contribution in [0.25, 0.3) is 0 Å². The predicted octanol–water partition coefficient (Wildman–Crippen LogP) is 3.88. The number of aryl methyl sites for hydroxylation is 1. The number of benzene rings is 1. The van der Waals surface area contributed by atoms with E-state index in [0.29, 0.717) is 35.6 Å². The van der Waals surface area contributed by atoms with E-state index in [0.717, 1.165) is 43.9 Å². The molecule has 1 fully saturated rings. The lowest BCUT2D eigenvalue weighted by atomic mass is 9.97. The number of likely N-dealkylation sites (N-methyl/N-ethyl adjacent to an activating group) is 1. The summed E-state index contributed by atoms with van der Waals surface area (Å²) >= 11 is 12.3. The number of amides is 1. The Hall–Kier alpha value is -1.89. The summed E-state index contributed by atoms with van der Waals surface area (Å²) < 4.78 is 0. The number of fused-ring (bicyclic) bond motifs is 1. The van der Waals surface area contributed by atoms with E-state index in [9.17, 15) is 4.79 Å². The average Bonchev–Trinajstić information content (AvgIpc) is 3.17. The molecule has 1 N–H and O–H groups in total. The molecule has 2 atom stereocenters. The molecule has 0 radical (unpaired) electrons. The van der Waals surface area contributed by atoms with Gasteiger partial charge in [0.1, 0.15) is 12.1 Å². The van der Waals surface area contributed by atoms with E-state index in [1.807, 2.05) is 24.0 Å². The van der Waals surface area contributed by atoms with Crippen molar-refractivity contribution in [3.63, 3.8) is 0 Å². The van der Waals surface area contributed by atoms with Crippen LogP contribution in [-0.2, 0) is 11.2 Å². The molecule has 166 valence electrons. The van der Waals surface area contributed by atoms with Gasteiger partial charge in [0.05, 0.1) is 16.0 Å². The molecule has 0 spiro atoms. The van der Waals surface area contributed by atoms with Crippen molar-refractivity contribution >= 4 is 34.9 Å². The zero-order valence-corrected chi connectivity index (χ0v) is 19.6. The van der Waals surface area contributed by atoms with Crippen molar-refractivity contribution in [2.45, 2.75) is 38.5 Å². The third kappa shape index (κ3) is 4.66. The monoisotopic (exact) mass is 461 g/mol. The van der Waals surface area contributed by atoms with Gasteiger partial charge in [-0.15, -0.1) is 0 Å². The lowest BCUT2D eigenvalue weighted by Crippen LogP contribution is -2.51. The van der Waals surface area contributed by atoms with Crippen LogP contribution in [0.2, 0.25) is 10.0 Å². The third-order valence-electron chi connectivity index (χ3n) is 6.39. The van der Waals surface area contributed by atoms with E-state index < -0.39 is 0 Å². The molecule has 2 heterocycles. The smallest absolute Gasteiger partial charge is 0.231 e. The average molecular weight is 462 g/mol. The first-order valence-electron chi connectivity index (χ1n) is 11.0. The Bertz CT molecular complexity index is 946. The molecular weight excluding hydrogens is 433 g/mol. The van der Waals surface area contributed by atoms with E-state index in [2.05, 4.69) is 27.1 Å². The van der Waals surface area contributed by atoms with Crippen molar-refractivity contribution in [1.29, 1.82) is 0 Å². The fraction of sp³-hybridized carbons (Fsp3) is 0.522. The highest BCUT2D eigenvalue weighted by Crippen LogP contribution is 2.37. The van der Waals surface area contributed by atoms with Crippen LogP contribution in [-0.4, -0.2) is 60.0 Å². The summed E-state index contributed by atoms with van der Waals surface area (Å²) in [6.45, 7) is 8.57. The first-order chi connectivity index (χ1) is 15.0. The molecule has 0 saturated carbocycles. The maximum Gasteiger partial charge on any atom is 0.231 e. The minimum Gasteiger partial charge on any atom is -0.353 e. The number of anilines is 1. The zero-order chi connectivity index (χ0) is 22.0. The second-order valence-corrected chi connectivity index (χ2v) is 9.16. The Balaban J connectivity index is 1.47. The molecule has 2 aromatic rings. The number of piperazine rings is 1. The summed E-state index contributed by atoms with van der Waals surface area (Å²) in [5.41, 5.74) is 3.37. The van der Waals surface area contributed by atoms with Gasteiger partial charge in [-0.1, -0.05) is 43.1 Å². The van der Waals surface area contributed by atoms with Crippen LogP contribution in [0.4, 0.5) is 5.82 Å². The SMILES string of the molecule is CCNC[C@@H](C(=O)N1CCN(c2ncnc3c2[C@H](C)CC3)CC1)c1ccc(Cl)c(Cl)c1.